The summed E-state index contributed by atoms with van der Waals surface area (Å²) in [6.07, 6.45) is 3.98. The highest BCUT2D eigenvalue weighted by Crippen LogP contribution is 2.26. The first-order chi connectivity index (χ1) is 12.3. The molecule has 1 aliphatic heterocycles. The van der Waals surface area contributed by atoms with Crippen molar-refractivity contribution >= 4 is 0 Å². The zero-order valence-electron chi connectivity index (χ0n) is 15.5. The monoisotopic (exact) mass is 338 g/mol. The zero-order valence-corrected chi connectivity index (χ0v) is 15.5. The van der Waals surface area contributed by atoms with Gasteiger partial charge in [0.1, 0.15) is 5.75 Å². The summed E-state index contributed by atoms with van der Waals surface area (Å²) < 4.78 is 5.32. The van der Waals surface area contributed by atoms with Crippen molar-refractivity contribution in [2.24, 2.45) is 0 Å². The number of nitrogens with one attached hydrogen (secondary N) is 1. The van der Waals surface area contributed by atoms with Gasteiger partial charge in [0.25, 0.3) is 0 Å². The van der Waals surface area contributed by atoms with Gasteiger partial charge >= 0.3 is 0 Å². The van der Waals surface area contributed by atoms with Crippen LogP contribution in [0.15, 0.2) is 48.5 Å². The largest absolute Gasteiger partial charge is 0.497 e. The highest BCUT2D eigenvalue weighted by Gasteiger charge is 2.22. The second kappa shape index (κ2) is 9.02. The van der Waals surface area contributed by atoms with E-state index in [9.17, 15) is 0 Å². The minimum absolute atomic E-state index is 0.427. The van der Waals surface area contributed by atoms with Gasteiger partial charge < -0.3 is 10.1 Å². The molecule has 1 aliphatic rings. The molecule has 1 fully saturated rings. The first-order valence-electron chi connectivity index (χ1n) is 9.40. The molecule has 1 heterocycles. The van der Waals surface area contributed by atoms with Crippen LogP contribution >= 0.6 is 0 Å². The van der Waals surface area contributed by atoms with Gasteiger partial charge in [-0.15, -0.1) is 0 Å². The lowest BCUT2D eigenvalue weighted by atomic mass is 10.0. The van der Waals surface area contributed by atoms with Crippen molar-refractivity contribution in [3.63, 3.8) is 0 Å². The average Bonchev–Trinajstić information content (AvgIpc) is 2.66. The standard InChI is InChI=1S/C22H30N2O/c1-18-7-6-8-19(15-18)16-23-17-22(24-13-4-3-5-14-24)20-9-11-21(25-2)12-10-20/h6-12,15,22-23H,3-5,13-14,16-17H2,1-2H3. The van der Waals surface area contributed by atoms with E-state index < -0.39 is 0 Å². The molecule has 0 spiro atoms. The Bertz CT molecular complexity index is 647. The van der Waals surface area contributed by atoms with E-state index in [-0.39, 0.29) is 0 Å². The summed E-state index contributed by atoms with van der Waals surface area (Å²) in [6, 6.07) is 17.8. The summed E-state index contributed by atoms with van der Waals surface area (Å²) in [7, 11) is 1.72. The molecule has 0 aliphatic carbocycles. The maximum atomic E-state index is 5.32. The van der Waals surface area contributed by atoms with Crippen LogP contribution in [0.5, 0.6) is 5.75 Å². The van der Waals surface area contributed by atoms with Crippen molar-refractivity contribution in [3.8, 4) is 5.75 Å². The first-order valence-corrected chi connectivity index (χ1v) is 9.40. The van der Waals surface area contributed by atoms with Crippen LogP contribution in [0.1, 0.15) is 42.0 Å². The van der Waals surface area contributed by atoms with E-state index in [0.29, 0.717) is 6.04 Å². The van der Waals surface area contributed by atoms with Crippen LogP contribution in [-0.4, -0.2) is 31.6 Å². The summed E-state index contributed by atoms with van der Waals surface area (Å²) in [5.74, 6) is 0.925. The predicted molar refractivity (Wildman–Crippen MR) is 104 cm³/mol. The highest BCUT2D eigenvalue weighted by atomic mass is 16.5. The van der Waals surface area contributed by atoms with E-state index in [0.717, 1.165) is 18.8 Å². The molecule has 1 N–H and O–H groups in total. The maximum absolute atomic E-state index is 5.32. The van der Waals surface area contributed by atoms with Crippen LogP contribution in [0, 0.1) is 6.92 Å². The Morgan fingerprint density at radius 2 is 1.80 bits per heavy atom. The molecule has 2 aromatic rings. The number of hydrogen-bond acceptors (Lipinski definition) is 3. The topological polar surface area (TPSA) is 24.5 Å². The zero-order chi connectivity index (χ0) is 17.5. The van der Waals surface area contributed by atoms with Gasteiger partial charge in [0.15, 0.2) is 0 Å². The Kier molecular flexibility index (Phi) is 6.48. The van der Waals surface area contributed by atoms with Crippen LogP contribution < -0.4 is 10.1 Å². The van der Waals surface area contributed by atoms with Crippen LogP contribution in [-0.2, 0) is 6.54 Å². The number of rotatable bonds is 7. The van der Waals surface area contributed by atoms with E-state index in [1.807, 2.05) is 0 Å². The van der Waals surface area contributed by atoms with E-state index in [4.69, 9.17) is 4.74 Å². The molecule has 0 radical (unpaired) electrons. The van der Waals surface area contributed by atoms with Crippen molar-refractivity contribution in [2.75, 3.05) is 26.7 Å². The Morgan fingerprint density at radius 1 is 1.04 bits per heavy atom. The number of ether oxygens (including phenoxy) is 1. The van der Waals surface area contributed by atoms with Crippen LogP contribution in [0.2, 0.25) is 0 Å². The summed E-state index contributed by atoms with van der Waals surface area (Å²) in [5, 5.41) is 3.68. The van der Waals surface area contributed by atoms with Crippen molar-refractivity contribution in [1.82, 2.24) is 10.2 Å². The van der Waals surface area contributed by atoms with Crippen molar-refractivity contribution in [3.05, 3.63) is 65.2 Å². The van der Waals surface area contributed by atoms with Gasteiger partial charge in [-0.3, -0.25) is 4.90 Å². The molecule has 3 nitrogen and oxygen atoms in total. The van der Waals surface area contributed by atoms with Gasteiger partial charge in [0.2, 0.25) is 0 Å². The van der Waals surface area contributed by atoms with E-state index in [1.165, 1.54) is 49.0 Å². The van der Waals surface area contributed by atoms with Gasteiger partial charge in [-0.25, -0.2) is 0 Å². The van der Waals surface area contributed by atoms with Crippen molar-refractivity contribution in [2.45, 2.75) is 38.8 Å². The van der Waals surface area contributed by atoms with Crippen LogP contribution in [0.4, 0.5) is 0 Å². The predicted octanol–water partition coefficient (Wildman–Crippen LogP) is 4.32. The normalized spacial score (nSPS) is 16.6. The van der Waals surface area contributed by atoms with Gasteiger partial charge in [-0.2, -0.15) is 0 Å². The molecule has 3 rings (SSSR count). The van der Waals surface area contributed by atoms with Gasteiger partial charge in [0.05, 0.1) is 7.11 Å². The number of benzene rings is 2. The molecular formula is C22H30N2O. The third-order valence-electron chi connectivity index (χ3n) is 5.08. The summed E-state index contributed by atoms with van der Waals surface area (Å²) in [5.41, 5.74) is 4.05. The quantitative estimate of drug-likeness (QED) is 0.814. The Morgan fingerprint density at radius 3 is 2.48 bits per heavy atom. The third-order valence-corrected chi connectivity index (χ3v) is 5.08. The smallest absolute Gasteiger partial charge is 0.118 e. The van der Waals surface area contributed by atoms with E-state index in [1.54, 1.807) is 7.11 Å². The van der Waals surface area contributed by atoms with Gasteiger partial charge in [-0.05, 0) is 56.1 Å². The molecule has 3 heteroatoms. The molecule has 1 unspecified atom stereocenters. The number of nitrogens with zero attached hydrogens (tertiary/aromatic N) is 1. The summed E-state index contributed by atoms with van der Waals surface area (Å²) >= 11 is 0. The second-order valence-electron chi connectivity index (χ2n) is 7.01. The minimum Gasteiger partial charge on any atom is -0.497 e. The molecule has 25 heavy (non-hydrogen) atoms. The number of piperidine rings is 1. The second-order valence-corrected chi connectivity index (χ2v) is 7.01. The molecule has 1 atom stereocenters. The van der Waals surface area contributed by atoms with E-state index >= 15 is 0 Å². The maximum Gasteiger partial charge on any atom is 0.118 e. The molecule has 2 aromatic carbocycles. The van der Waals surface area contributed by atoms with Gasteiger partial charge in [0, 0.05) is 19.1 Å². The lowest BCUT2D eigenvalue weighted by molar-refractivity contribution is 0.160. The van der Waals surface area contributed by atoms with Crippen molar-refractivity contribution < 1.29 is 4.74 Å². The number of hydrogen-bond donors (Lipinski definition) is 1. The molecule has 0 saturated carbocycles. The molecular weight excluding hydrogens is 308 g/mol. The Balaban J connectivity index is 1.67. The fraction of sp³-hybridized carbons (Fsp3) is 0.455. The Labute approximate surface area is 152 Å². The summed E-state index contributed by atoms with van der Waals surface area (Å²) in [4.78, 5) is 2.63. The molecule has 0 aromatic heterocycles. The summed E-state index contributed by atoms with van der Waals surface area (Å²) in [6.45, 7) is 6.44. The number of likely N-dealkylation sites (tertiary alicyclic amines) is 1. The number of methoxy groups -OCH3 is 1. The molecule has 134 valence electrons. The average molecular weight is 338 g/mol. The minimum atomic E-state index is 0.427. The van der Waals surface area contributed by atoms with Gasteiger partial charge in [-0.1, -0.05) is 48.4 Å². The lowest BCUT2D eigenvalue weighted by Gasteiger charge is -2.35. The molecule has 0 amide bonds. The lowest BCUT2D eigenvalue weighted by Crippen LogP contribution is -2.39. The first kappa shape index (κ1) is 18.0. The Hall–Kier alpha value is -1.84. The molecule has 1 saturated heterocycles. The SMILES string of the molecule is COc1ccc(C(CNCc2cccc(C)c2)N2CCCCC2)cc1. The fourth-order valence-electron chi connectivity index (χ4n) is 3.69. The van der Waals surface area contributed by atoms with Crippen LogP contribution in [0.25, 0.3) is 0 Å². The number of aryl methyl sites for hydroxylation is 1. The van der Waals surface area contributed by atoms with Crippen molar-refractivity contribution in [1.29, 1.82) is 0 Å². The van der Waals surface area contributed by atoms with Crippen LogP contribution in [0.3, 0.4) is 0 Å². The fourth-order valence-corrected chi connectivity index (χ4v) is 3.69. The molecule has 0 bridgehead atoms. The highest BCUT2D eigenvalue weighted by molar-refractivity contribution is 5.29. The third kappa shape index (κ3) is 5.07. The van der Waals surface area contributed by atoms with E-state index in [2.05, 4.69) is 65.7 Å².